The first-order chi connectivity index (χ1) is 14.0. The van der Waals surface area contributed by atoms with Crippen molar-refractivity contribution in [2.45, 2.75) is 26.3 Å². The summed E-state index contributed by atoms with van der Waals surface area (Å²) in [5, 5.41) is 5.52. The van der Waals surface area contributed by atoms with E-state index in [2.05, 4.69) is 44.6 Å². The van der Waals surface area contributed by atoms with E-state index in [9.17, 15) is 9.59 Å². The number of carbonyl (C=O) groups is 2. The molecule has 0 fully saturated rings. The van der Waals surface area contributed by atoms with Crippen molar-refractivity contribution >= 4 is 34.7 Å². The van der Waals surface area contributed by atoms with Gasteiger partial charge in [-0.15, -0.1) is 0 Å². The highest BCUT2D eigenvalue weighted by atomic mass is 16.2. The van der Waals surface area contributed by atoms with E-state index in [1.165, 1.54) is 18.8 Å². The summed E-state index contributed by atoms with van der Waals surface area (Å²) in [5.74, 6) is 0.178. The molecule has 0 saturated heterocycles. The lowest BCUT2D eigenvalue weighted by atomic mass is 10.1. The largest absolute Gasteiger partial charge is 0.326 e. The summed E-state index contributed by atoms with van der Waals surface area (Å²) in [6.07, 6.45) is 2.34. The zero-order chi connectivity index (χ0) is 20.4. The summed E-state index contributed by atoms with van der Waals surface area (Å²) in [6.45, 7) is 3.57. The fourth-order valence-corrected chi connectivity index (χ4v) is 3.59. The third kappa shape index (κ3) is 3.94. The maximum Gasteiger partial charge on any atom is 0.274 e. The molecular formula is C22H21N5O2. The molecule has 146 valence electrons. The minimum atomic E-state index is -0.339. The van der Waals surface area contributed by atoms with E-state index in [0.29, 0.717) is 17.2 Å². The van der Waals surface area contributed by atoms with Crippen LogP contribution in [0.15, 0.2) is 60.9 Å². The van der Waals surface area contributed by atoms with Crippen molar-refractivity contribution in [1.82, 2.24) is 9.97 Å². The summed E-state index contributed by atoms with van der Waals surface area (Å²) < 4.78 is 0. The topological polar surface area (TPSA) is 87.2 Å². The number of amides is 2. The van der Waals surface area contributed by atoms with Gasteiger partial charge in [-0.2, -0.15) is 0 Å². The van der Waals surface area contributed by atoms with Crippen LogP contribution < -0.4 is 15.5 Å². The second kappa shape index (κ2) is 7.71. The zero-order valence-electron chi connectivity index (χ0n) is 16.2. The molecule has 29 heavy (non-hydrogen) atoms. The lowest BCUT2D eigenvalue weighted by Gasteiger charge is -2.23. The summed E-state index contributed by atoms with van der Waals surface area (Å²) in [7, 11) is 0. The minimum absolute atomic E-state index is 0.172. The number of carbonyl (C=O) groups excluding carboxylic acids is 2. The van der Waals surface area contributed by atoms with Gasteiger partial charge in [0, 0.05) is 36.1 Å². The van der Waals surface area contributed by atoms with Crippen molar-refractivity contribution < 1.29 is 9.59 Å². The molecule has 1 aromatic heterocycles. The molecule has 2 N–H and O–H groups in total. The Morgan fingerprint density at radius 3 is 2.55 bits per heavy atom. The van der Waals surface area contributed by atoms with Gasteiger partial charge in [0.1, 0.15) is 17.8 Å². The number of aromatic nitrogens is 2. The van der Waals surface area contributed by atoms with Gasteiger partial charge >= 0.3 is 0 Å². The van der Waals surface area contributed by atoms with E-state index >= 15 is 0 Å². The first-order valence-electron chi connectivity index (χ1n) is 9.39. The molecule has 1 unspecified atom stereocenters. The van der Waals surface area contributed by atoms with Gasteiger partial charge in [-0.1, -0.05) is 24.3 Å². The number of nitrogens with one attached hydrogen (secondary N) is 2. The van der Waals surface area contributed by atoms with Crippen molar-refractivity contribution in [3.8, 4) is 0 Å². The number of fused-ring (bicyclic) bond motifs is 1. The predicted octanol–water partition coefficient (Wildman–Crippen LogP) is 3.77. The van der Waals surface area contributed by atoms with Gasteiger partial charge in [0.2, 0.25) is 5.91 Å². The van der Waals surface area contributed by atoms with Gasteiger partial charge in [-0.3, -0.25) is 9.59 Å². The summed E-state index contributed by atoms with van der Waals surface area (Å²) in [5.41, 5.74) is 3.83. The molecule has 7 nitrogen and oxygen atoms in total. The van der Waals surface area contributed by atoms with Crippen molar-refractivity contribution in [3.63, 3.8) is 0 Å². The second-order valence-electron chi connectivity index (χ2n) is 7.03. The van der Waals surface area contributed by atoms with E-state index < -0.39 is 0 Å². The Bertz CT molecular complexity index is 1080. The minimum Gasteiger partial charge on any atom is -0.326 e. The lowest BCUT2D eigenvalue weighted by molar-refractivity contribution is -0.114. The predicted molar refractivity (Wildman–Crippen MR) is 112 cm³/mol. The van der Waals surface area contributed by atoms with Crippen LogP contribution in [-0.2, 0) is 11.2 Å². The number of hydrogen-bond donors (Lipinski definition) is 2. The third-order valence-electron chi connectivity index (χ3n) is 4.78. The smallest absolute Gasteiger partial charge is 0.274 e. The molecule has 0 aliphatic carbocycles. The number of hydrogen-bond acceptors (Lipinski definition) is 5. The molecule has 3 aromatic rings. The highest BCUT2D eigenvalue weighted by Gasteiger charge is 2.28. The van der Waals surface area contributed by atoms with E-state index in [0.717, 1.165) is 12.1 Å². The number of nitrogens with zero attached hydrogens (tertiary/aromatic N) is 3. The van der Waals surface area contributed by atoms with Crippen LogP contribution in [0.1, 0.15) is 29.9 Å². The molecule has 0 bridgehead atoms. The Kier molecular flexibility index (Phi) is 4.95. The highest BCUT2D eigenvalue weighted by Crippen LogP contribution is 2.37. The van der Waals surface area contributed by atoms with Crippen LogP contribution in [0.25, 0.3) is 0 Å². The second-order valence-corrected chi connectivity index (χ2v) is 7.03. The molecule has 1 atom stereocenters. The Hall–Kier alpha value is -3.74. The number of rotatable bonds is 4. The average Bonchev–Trinajstić information content (AvgIpc) is 3.03. The quantitative estimate of drug-likeness (QED) is 0.712. The average molecular weight is 387 g/mol. The molecule has 1 aliphatic heterocycles. The van der Waals surface area contributed by atoms with E-state index in [1.807, 2.05) is 12.1 Å². The molecule has 0 spiro atoms. The van der Waals surface area contributed by atoms with Crippen molar-refractivity contribution in [3.05, 3.63) is 72.2 Å². The number of para-hydroxylation sites is 1. The SMILES string of the molecule is CC(=O)Nc1cccc(NC(=O)c2cc(N3c4ccccc4CC3C)ncn2)c1. The summed E-state index contributed by atoms with van der Waals surface area (Å²) >= 11 is 0. The third-order valence-corrected chi connectivity index (χ3v) is 4.78. The molecule has 0 radical (unpaired) electrons. The van der Waals surface area contributed by atoms with Crippen molar-refractivity contribution in [1.29, 1.82) is 0 Å². The van der Waals surface area contributed by atoms with Crippen LogP contribution in [0.4, 0.5) is 22.9 Å². The zero-order valence-corrected chi connectivity index (χ0v) is 16.2. The molecule has 0 saturated carbocycles. The fraction of sp³-hybridized carbons (Fsp3) is 0.182. The Labute approximate surface area is 168 Å². The Morgan fingerprint density at radius 1 is 1.00 bits per heavy atom. The van der Waals surface area contributed by atoms with E-state index in [-0.39, 0.29) is 23.6 Å². The van der Waals surface area contributed by atoms with Gasteiger partial charge < -0.3 is 15.5 Å². The van der Waals surface area contributed by atoms with Gasteiger partial charge in [0.25, 0.3) is 5.91 Å². The highest BCUT2D eigenvalue weighted by molar-refractivity contribution is 6.03. The standard InChI is InChI=1S/C22H21N5O2/c1-14-10-16-6-3-4-9-20(16)27(14)21-12-19(23-13-24-21)22(29)26-18-8-5-7-17(11-18)25-15(2)28/h3-9,11-14H,10H2,1-2H3,(H,25,28)(H,26,29). The van der Waals surface area contributed by atoms with Crippen LogP contribution in [0.3, 0.4) is 0 Å². The molecule has 2 aromatic carbocycles. The first kappa shape index (κ1) is 18.6. The van der Waals surface area contributed by atoms with Crippen molar-refractivity contribution in [2.75, 3.05) is 15.5 Å². The molecular weight excluding hydrogens is 366 g/mol. The molecule has 4 rings (SSSR count). The van der Waals surface area contributed by atoms with Gasteiger partial charge in [0.05, 0.1) is 0 Å². The van der Waals surface area contributed by atoms with Gasteiger partial charge in [0.15, 0.2) is 0 Å². The lowest BCUT2D eigenvalue weighted by Crippen LogP contribution is -2.25. The molecule has 1 aliphatic rings. The summed E-state index contributed by atoms with van der Waals surface area (Å²) in [6, 6.07) is 17.1. The van der Waals surface area contributed by atoms with Crippen LogP contribution in [0.2, 0.25) is 0 Å². The number of anilines is 4. The van der Waals surface area contributed by atoms with Crippen LogP contribution in [0, 0.1) is 0 Å². The Morgan fingerprint density at radius 2 is 1.76 bits per heavy atom. The van der Waals surface area contributed by atoms with E-state index in [4.69, 9.17) is 0 Å². The van der Waals surface area contributed by atoms with Crippen LogP contribution in [-0.4, -0.2) is 27.8 Å². The van der Waals surface area contributed by atoms with E-state index in [1.54, 1.807) is 30.3 Å². The summed E-state index contributed by atoms with van der Waals surface area (Å²) in [4.78, 5) is 34.6. The number of benzene rings is 2. The first-order valence-corrected chi connectivity index (χ1v) is 9.39. The van der Waals surface area contributed by atoms with Crippen molar-refractivity contribution in [2.24, 2.45) is 0 Å². The normalized spacial score (nSPS) is 15.0. The maximum absolute atomic E-state index is 12.7. The Balaban J connectivity index is 1.56. The van der Waals surface area contributed by atoms with Gasteiger partial charge in [-0.25, -0.2) is 9.97 Å². The fourth-order valence-electron chi connectivity index (χ4n) is 3.59. The molecule has 2 amide bonds. The molecule has 2 heterocycles. The van der Waals surface area contributed by atoms with Crippen LogP contribution in [0.5, 0.6) is 0 Å². The monoisotopic (exact) mass is 387 g/mol. The van der Waals surface area contributed by atoms with Gasteiger partial charge in [-0.05, 0) is 43.2 Å². The van der Waals surface area contributed by atoms with Crippen LogP contribution >= 0.6 is 0 Å². The molecule has 7 heteroatoms. The maximum atomic E-state index is 12.7.